The van der Waals surface area contributed by atoms with Gasteiger partial charge in [0.1, 0.15) is 0 Å². The van der Waals surface area contributed by atoms with Crippen molar-refractivity contribution in [3.63, 3.8) is 0 Å². The van der Waals surface area contributed by atoms with Crippen molar-refractivity contribution >= 4 is 0 Å². The van der Waals surface area contributed by atoms with Crippen molar-refractivity contribution in [2.75, 3.05) is 7.05 Å². The zero-order valence-corrected chi connectivity index (χ0v) is 4.20. The molecule has 0 aromatic rings. The average Bonchev–Trinajstić information content (AvgIpc) is 1.72. The summed E-state index contributed by atoms with van der Waals surface area (Å²) in [6.07, 6.45) is 1.62. The molecular weight excluding hydrogens is 74.1 g/mol. The molecule has 0 fully saturated rings. The van der Waals surface area contributed by atoms with E-state index in [1.165, 1.54) is 0 Å². The highest BCUT2D eigenvalue weighted by Gasteiger charge is 1.35. The molecule has 1 heteroatoms. The summed E-state index contributed by atoms with van der Waals surface area (Å²) in [6.45, 7) is 9.37. The maximum absolute atomic E-state index is 3.37. The lowest BCUT2D eigenvalue weighted by atomic mass is 11.0. The van der Waals surface area contributed by atoms with Gasteiger partial charge in [-0.25, -0.2) is 0 Å². The van der Waals surface area contributed by atoms with E-state index in [1.807, 2.05) is 7.05 Å². The van der Waals surface area contributed by atoms with Crippen LogP contribution in [0, 0.1) is 0 Å². The van der Waals surface area contributed by atoms with E-state index >= 15 is 0 Å². The lowest BCUT2D eigenvalue weighted by molar-refractivity contribution is 1.11. The van der Waals surface area contributed by atoms with E-state index < -0.39 is 0 Å². The highest BCUT2D eigenvalue weighted by atomic mass is 14.8. The Morgan fingerprint density at radius 1 is 1.50 bits per heavy atom. The molecule has 0 aliphatic carbocycles. The molecule has 0 aromatic heterocycles. The van der Waals surface area contributed by atoms with E-state index in [9.17, 15) is 0 Å². The molecule has 0 atom stereocenters. The van der Waals surface area contributed by atoms with Gasteiger partial charge in [-0.05, 0) is 6.20 Å². The summed E-state index contributed by atoms with van der Waals surface area (Å²) in [5, 5.41) is 2.69. The first-order valence-electron chi connectivity index (χ1n) is 1.70. The third-order valence-electron chi connectivity index (χ3n) is 0.204. The van der Waals surface area contributed by atoms with Gasteiger partial charge in [0.15, 0.2) is 0 Å². The Hall–Kier alpha value is -0.720. The second-order valence-corrected chi connectivity index (χ2v) is 0.493. The van der Waals surface area contributed by atoms with Crippen LogP contribution in [-0.4, -0.2) is 7.05 Å². The van der Waals surface area contributed by atoms with Crippen molar-refractivity contribution in [1.82, 2.24) is 5.32 Å². The van der Waals surface area contributed by atoms with E-state index in [2.05, 4.69) is 25.1 Å². The standard InChI is InChI=1S/C3H7N.C2H4/c1-3-4-2;1-2/h3-4H,1H2,2H3;1-2H2. The van der Waals surface area contributed by atoms with Crippen LogP contribution < -0.4 is 5.32 Å². The third kappa shape index (κ3) is 217. The number of hydrogen-bond acceptors (Lipinski definition) is 1. The van der Waals surface area contributed by atoms with Crippen molar-refractivity contribution in [3.05, 3.63) is 25.9 Å². The summed E-state index contributed by atoms with van der Waals surface area (Å²) in [5.74, 6) is 0. The Labute approximate surface area is 39.4 Å². The van der Waals surface area contributed by atoms with E-state index in [0.29, 0.717) is 0 Å². The molecule has 0 saturated heterocycles. The second-order valence-electron chi connectivity index (χ2n) is 0.493. The molecule has 0 amide bonds. The van der Waals surface area contributed by atoms with Crippen LogP contribution in [0.2, 0.25) is 0 Å². The zero-order chi connectivity index (χ0) is 5.41. The summed E-state index contributed by atoms with van der Waals surface area (Å²) in [5.41, 5.74) is 0. The van der Waals surface area contributed by atoms with Gasteiger partial charge in [-0.15, -0.1) is 13.2 Å². The highest BCUT2D eigenvalue weighted by molar-refractivity contribution is 4.55. The molecule has 0 unspecified atom stereocenters. The summed E-state index contributed by atoms with van der Waals surface area (Å²) in [6, 6.07) is 0. The molecule has 0 spiro atoms. The molecule has 0 aliphatic rings. The number of hydrogen-bond donors (Lipinski definition) is 1. The molecule has 1 N–H and O–H groups in total. The molecule has 0 rings (SSSR count). The second kappa shape index (κ2) is 28.1. The molecule has 0 saturated carbocycles. The first-order chi connectivity index (χ1) is 2.91. The van der Waals surface area contributed by atoms with Gasteiger partial charge in [0.2, 0.25) is 0 Å². The van der Waals surface area contributed by atoms with Crippen molar-refractivity contribution in [1.29, 1.82) is 0 Å². The summed E-state index contributed by atoms with van der Waals surface area (Å²) in [7, 11) is 1.81. The van der Waals surface area contributed by atoms with Crippen molar-refractivity contribution in [2.24, 2.45) is 0 Å². The summed E-state index contributed by atoms with van der Waals surface area (Å²) >= 11 is 0. The van der Waals surface area contributed by atoms with Crippen LogP contribution in [0.4, 0.5) is 0 Å². The summed E-state index contributed by atoms with van der Waals surface area (Å²) < 4.78 is 0. The molecular formula is C5H11N. The van der Waals surface area contributed by atoms with Gasteiger partial charge in [-0.1, -0.05) is 6.58 Å². The Balaban J connectivity index is 0. The third-order valence-corrected chi connectivity index (χ3v) is 0.204. The topological polar surface area (TPSA) is 12.0 Å². The van der Waals surface area contributed by atoms with Gasteiger partial charge < -0.3 is 5.32 Å². The Morgan fingerprint density at radius 2 is 1.67 bits per heavy atom. The highest BCUT2D eigenvalue weighted by Crippen LogP contribution is 1.32. The van der Waals surface area contributed by atoms with E-state index in [-0.39, 0.29) is 0 Å². The lowest BCUT2D eigenvalue weighted by Crippen LogP contribution is -1.87. The van der Waals surface area contributed by atoms with Crippen molar-refractivity contribution in [2.45, 2.75) is 0 Å². The van der Waals surface area contributed by atoms with Crippen LogP contribution in [0.3, 0.4) is 0 Å². The molecule has 36 valence electrons. The fourth-order valence-corrected chi connectivity index (χ4v) is 0. The van der Waals surface area contributed by atoms with Crippen molar-refractivity contribution in [3.8, 4) is 0 Å². The Bertz CT molecular complexity index is 25.1. The molecule has 6 heavy (non-hydrogen) atoms. The normalized spacial score (nSPS) is 4.17. The van der Waals surface area contributed by atoms with Gasteiger partial charge >= 0.3 is 0 Å². The summed E-state index contributed by atoms with van der Waals surface area (Å²) in [4.78, 5) is 0. The number of rotatable bonds is 1. The van der Waals surface area contributed by atoms with Crippen LogP contribution in [0.15, 0.2) is 25.9 Å². The molecule has 0 aliphatic heterocycles. The van der Waals surface area contributed by atoms with Crippen molar-refractivity contribution < 1.29 is 0 Å². The predicted octanol–water partition coefficient (Wildman–Crippen LogP) is 1.15. The maximum atomic E-state index is 3.37. The largest absolute Gasteiger partial charge is 0.394 e. The van der Waals surface area contributed by atoms with Gasteiger partial charge in [0.05, 0.1) is 0 Å². The Kier molecular flexibility index (Phi) is 42.1. The lowest BCUT2D eigenvalue weighted by Gasteiger charge is -1.70. The van der Waals surface area contributed by atoms with E-state index in [0.717, 1.165) is 0 Å². The SMILES string of the molecule is C=C.C=CNC. The average molecular weight is 85.1 g/mol. The van der Waals surface area contributed by atoms with Crippen LogP contribution in [0.5, 0.6) is 0 Å². The fourth-order valence-electron chi connectivity index (χ4n) is 0. The minimum Gasteiger partial charge on any atom is -0.394 e. The fraction of sp³-hybridized carbons (Fsp3) is 0.200. The molecule has 1 nitrogen and oxygen atoms in total. The minimum absolute atomic E-state index is 1.62. The van der Waals surface area contributed by atoms with Gasteiger partial charge in [-0.2, -0.15) is 0 Å². The quantitative estimate of drug-likeness (QED) is 0.471. The maximum Gasteiger partial charge on any atom is 0.00275 e. The predicted molar refractivity (Wildman–Crippen MR) is 30.5 cm³/mol. The van der Waals surface area contributed by atoms with Gasteiger partial charge in [-0.3, -0.25) is 0 Å². The first-order valence-corrected chi connectivity index (χ1v) is 1.70. The van der Waals surface area contributed by atoms with Gasteiger partial charge in [0.25, 0.3) is 0 Å². The molecule has 0 bridgehead atoms. The van der Waals surface area contributed by atoms with Crippen LogP contribution in [0.25, 0.3) is 0 Å². The minimum atomic E-state index is 1.62. The monoisotopic (exact) mass is 85.1 g/mol. The number of nitrogens with one attached hydrogen (secondary N) is 1. The molecule has 0 heterocycles. The first kappa shape index (κ1) is 8.99. The van der Waals surface area contributed by atoms with Crippen LogP contribution in [-0.2, 0) is 0 Å². The Morgan fingerprint density at radius 3 is 1.67 bits per heavy atom. The smallest absolute Gasteiger partial charge is 0.00275 e. The van der Waals surface area contributed by atoms with Crippen LogP contribution in [0.1, 0.15) is 0 Å². The van der Waals surface area contributed by atoms with E-state index in [4.69, 9.17) is 0 Å². The molecule has 0 radical (unpaired) electrons. The van der Waals surface area contributed by atoms with E-state index in [1.54, 1.807) is 6.20 Å². The van der Waals surface area contributed by atoms with Crippen LogP contribution >= 0.6 is 0 Å². The molecule has 0 aromatic carbocycles. The van der Waals surface area contributed by atoms with Gasteiger partial charge in [0, 0.05) is 7.05 Å². The zero-order valence-electron chi connectivity index (χ0n) is 4.20.